The fourth-order valence-electron chi connectivity index (χ4n) is 3.49. The highest BCUT2D eigenvalue weighted by atomic mass is 32.1. The van der Waals surface area contributed by atoms with Gasteiger partial charge in [0.05, 0.1) is 18.6 Å². The summed E-state index contributed by atoms with van der Waals surface area (Å²) in [5.41, 5.74) is 1.06. The molecule has 4 rings (SSSR count). The number of H-pyrrole nitrogens is 1. The summed E-state index contributed by atoms with van der Waals surface area (Å²) in [6, 6.07) is 10.4. The topological polar surface area (TPSA) is 71.9 Å². The Hall–Kier alpha value is -1.99. The number of hydrogen-bond donors (Lipinski definition) is 2. The van der Waals surface area contributed by atoms with Gasteiger partial charge in [-0.05, 0) is 43.5 Å². The molecular formula is C18H22N4O2S. The van der Waals surface area contributed by atoms with Gasteiger partial charge in [-0.25, -0.2) is 0 Å². The van der Waals surface area contributed by atoms with Crippen LogP contribution < -0.4 is 5.32 Å². The van der Waals surface area contributed by atoms with E-state index in [1.807, 2.05) is 34.9 Å². The molecule has 2 N–H and O–H groups in total. The maximum atomic E-state index is 12.8. The zero-order chi connectivity index (χ0) is 17.2. The molecule has 132 valence electrons. The minimum absolute atomic E-state index is 0.0184. The summed E-state index contributed by atoms with van der Waals surface area (Å²) in [6.45, 7) is 1.09. The number of carbonyl (C=O) groups is 1. The van der Waals surface area contributed by atoms with Crippen molar-refractivity contribution in [3.8, 4) is 0 Å². The second kappa shape index (κ2) is 7.09. The van der Waals surface area contributed by atoms with E-state index in [1.54, 1.807) is 0 Å². The van der Waals surface area contributed by atoms with E-state index < -0.39 is 0 Å². The first-order valence-electron chi connectivity index (χ1n) is 8.84. The normalized spacial score (nSPS) is 23.4. The number of carbonyl (C=O) groups excluding carboxylic acids is 1. The molecule has 1 aromatic heterocycles. The van der Waals surface area contributed by atoms with E-state index in [0.29, 0.717) is 24.0 Å². The number of amides is 1. The molecule has 7 heteroatoms. The molecule has 0 bridgehead atoms. The van der Waals surface area contributed by atoms with Crippen molar-refractivity contribution in [1.29, 1.82) is 0 Å². The summed E-state index contributed by atoms with van der Waals surface area (Å²) in [5, 5.41) is 10.1. The van der Waals surface area contributed by atoms with Crippen molar-refractivity contribution in [3.05, 3.63) is 46.5 Å². The summed E-state index contributed by atoms with van der Waals surface area (Å²) < 4.78 is 8.58. The van der Waals surface area contributed by atoms with Crippen molar-refractivity contribution in [2.45, 2.75) is 44.4 Å². The van der Waals surface area contributed by atoms with Crippen molar-refractivity contribution >= 4 is 18.1 Å². The van der Waals surface area contributed by atoms with Crippen LogP contribution in [0.1, 0.15) is 49.2 Å². The third-order valence-corrected chi connectivity index (χ3v) is 5.19. The first-order valence-corrected chi connectivity index (χ1v) is 9.25. The lowest BCUT2D eigenvalue weighted by atomic mass is 9.89. The molecule has 1 aliphatic heterocycles. The molecule has 0 unspecified atom stereocenters. The third-order valence-electron chi connectivity index (χ3n) is 4.90. The van der Waals surface area contributed by atoms with Crippen molar-refractivity contribution < 1.29 is 9.53 Å². The molecule has 2 fully saturated rings. The minimum Gasteiger partial charge on any atom is -0.373 e. The van der Waals surface area contributed by atoms with Gasteiger partial charge in [-0.1, -0.05) is 30.3 Å². The first kappa shape index (κ1) is 16.5. The minimum atomic E-state index is -0.181. The maximum absolute atomic E-state index is 12.8. The van der Waals surface area contributed by atoms with E-state index in [1.165, 1.54) is 0 Å². The summed E-state index contributed by atoms with van der Waals surface area (Å²) in [4.78, 5) is 12.8. The van der Waals surface area contributed by atoms with Crippen LogP contribution in [0.2, 0.25) is 0 Å². The van der Waals surface area contributed by atoms with Crippen LogP contribution in [0, 0.1) is 10.7 Å². The van der Waals surface area contributed by atoms with Crippen LogP contribution in [0.5, 0.6) is 0 Å². The number of ether oxygens (including phenoxy) is 1. The number of aromatic amines is 1. The monoisotopic (exact) mass is 358 g/mol. The number of hydrogen-bond acceptors (Lipinski definition) is 4. The number of rotatable bonds is 5. The Morgan fingerprint density at radius 3 is 2.88 bits per heavy atom. The Kier molecular flexibility index (Phi) is 4.67. The molecule has 2 aliphatic rings. The van der Waals surface area contributed by atoms with Gasteiger partial charge < -0.3 is 10.1 Å². The van der Waals surface area contributed by atoms with Gasteiger partial charge in [0.15, 0.2) is 10.6 Å². The van der Waals surface area contributed by atoms with Gasteiger partial charge >= 0.3 is 0 Å². The quantitative estimate of drug-likeness (QED) is 0.806. The molecule has 6 nitrogen and oxygen atoms in total. The fourth-order valence-corrected chi connectivity index (χ4v) is 3.79. The predicted molar refractivity (Wildman–Crippen MR) is 95.4 cm³/mol. The van der Waals surface area contributed by atoms with Gasteiger partial charge in [0, 0.05) is 12.6 Å². The summed E-state index contributed by atoms with van der Waals surface area (Å²) in [6.07, 6.45) is 3.81. The maximum Gasteiger partial charge on any atom is 0.226 e. The van der Waals surface area contributed by atoms with Crippen molar-refractivity contribution in [2.24, 2.45) is 5.92 Å². The zero-order valence-corrected chi connectivity index (χ0v) is 14.8. The average Bonchev–Trinajstić information content (AvgIpc) is 3.43. The van der Waals surface area contributed by atoms with Gasteiger partial charge in [-0.3, -0.25) is 14.5 Å². The first-order chi connectivity index (χ1) is 12.2. The van der Waals surface area contributed by atoms with Crippen LogP contribution >= 0.6 is 12.2 Å². The number of nitrogens with zero attached hydrogens (tertiary/aromatic N) is 2. The van der Waals surface area contributed by atoms with Crippen LogP contribution in [0.3, 0.4) is 0 Å². The lowest BCUT2D eigenvalue weighted by Crippen LogP contribution is -2.37. The molecule has 1 aromatic carbocycles. The van der Waals surface area contributed by atoms with Gasteiger partial charge in [-0.15, -0.1) is 0 Å². The molecular weight excluding hydrogens is 336 g/mol. The van der Waals surface area contributed by atoms with Crippen molar-refractivity contribution in [1.82, 2.24) is 20.1 Å². The van der Waals surface area contributed by atoms with Crippen LogP contribution in [-0.2, 0) is 16.1 Å². The molecule has 1 aliphatic carbocycles. The summed E-state index contributed by atoms with van der Waals surface area (Å²) >= 11 is 5.29. The Bertz CT molecular complexity index is 797. The van der Waals surface area contributed by atoms with Gasteiger partial charge in [0.2, 0.25) is 5.91 Å². The Labute approximate surface area is 151 Å². The summed E-state index contributed by atoms with van der Waals surface area (Å²) in [5.74, 6) is 0.645. The molecule has 1 saturated carbocycles. The highest BCUT2D eigenvalue weighted by Crippen LogP contribution is 2.36. The fraction of sp³-hybridized carbons (Fsp3) is 0.500. The molecule has 2 atom stereocenters. The molecule has 1 amide bonds. The smallest absolute Gasteiger partial charge is 0.226 e. The van der Waals surface area contributed by atoms with Crippen LogP contribution in [0.15, 0.2) is 30.3 Å². The molecule has 2 heterocycles. The van der Waals surface area contributed by atoms with E-state index in [9.17, 15) is 4.79 Å². The lowest BCUT2D eigenvalue weighted by Gasteiger charge is -2.31. The molecule has 0 spiro atoms. The number of aromatic nitrogens is 3. The third kappa shape index (κ3) is 3.52. The van der Waals surface area contributed by atoms with Crippen LogP contribution in [-0.4, -0.2) is 27.3 Å². The molecule has 2 aromatic rings. The average molecular weight is 358 g/mol. The largest absolute Gasteiger partial charge is 0.373 e. The lowest BCUT2D eigenvalue weighted by molar-refractivity contribution is -0.135. The standard InChI is InChI=1S/C18H22N4O2S/c23-17(19-11-15-20-21-18(25)22(15)13-8-9-13)14-7-4-10-24-16(14)12-5-2-1-3-6-12/h1-3,5-6,13-14,16H,4,7-11H2,(H,19,23)(H,21,25)/t14-,16+/m0/s1. The molecule has 25 heavy (non-hydrogen) atoms. The van der Waals surface area contributed by atoms with Crippen molar-refractivity contribution in [2.75, 3.05) is 6.61 Å². The Morgan fingerprint density at radius 1 is 1.32 bits per heavy atom. The predicted octanol–water partition coefficient (Wildman–Crippen LogP) is 3.06. The SMILES string of the molecule is O=C(NCc1n[nH]c(=S)n1C1CC1)[C@H]1CCCO[C@@H]1c1ccccc1. The van der Waals surface area contributed by atoms with E-state index in [2.05, 4.69) is 15.5 Å². The zero-order valence-electron chi connectivity index (χ0n) is 14.0. The summed E-state index contributed by atoms with van der Waals surface area (Å²) in [7, 11) is 0. The highest BCUT2D eigenvalue weighted by molar-refractivity contribution is 7.71. The molecule has 0 radical (unpaired) electrons. The van der Waals surface area contributed by atoms with Crippen LogP contribution in [0.25, 0.3) is 0 Å². The second-order valence-corrected chi connectivity index (χ2v) is 7.10. The van der Waals surface area contributed by atoms with E-state index >= 15 is 0 Å². The Balaban J connectivity index is 1.45. The van der Waals surface area contributed by atoms with Crippen molar-refractivity contribution in [3.63, 3.8) is 0 Å². The Morgan fingerprint density at radius 2 is 2.12 bits per heavy atom. The number of nitrogens with one attached hydrogen (secondary N) is 2. The van der Waals surface area contributed by atoms with Gasteiger partial charge in [-0.2, -0.15) is 5.10 Å². The van der Waals surface area contributed by atoms with Gasteiger partial charge in [0.25, 0.3) is 0 Å². The van der Waals surface area contributed by atoms with E-state index in [0.717, 1.165) is 37.1 Å². The number of benzene rings is 1. The highest BCUT2D eigenvalue weighted by Gasteiger charge is 2.33. The van der Waals surface area contributed by atoms with Gasteiger partial charge in [0.1, 0.15) is 0 Å². The van der Waals surface area contributed by atoms with Crippen LogP contribution in [0.4, 0.5) is 0 Å². The molecule has 1 saturated heterocycles. The van der Waals surface area contributed by atoms with E-state index in [4.69, 9.17) is 17.0 Å². The second-order valence-electron chi connectivity index (χ2n) is 6.71. The van der Waals surface area contributed by atoms with E-state index in [-0.39, 0.29) is 17.9 Å².